The fourth-order valence-electron chi connectivity index (χ4n) is 7.95. The minimum Gasteiger partial charge on any atom is -0.378 e. The first-order valence-corrected chi connectivity index (χ1v) is 17.1. The number of fused-ring (bicyclic) bond motifs is 3. The molecule has 0 saturated carbocycles. The molecule has 248 valence electrons. The largest absolute Gasteiger partial charge is 0.378 e. The van der Waals surface area contributed by atoms with Crippen LogP contribution in [0.1, 0.15) is 63.1 Å². The zero-order valence-corrected chi connectivity index (χ0v) is 27.6. The van der Waals surface area contributed by atoms with Gasteiger partial charge in [-0.05, 0) is 67.6 Å². The van der Waals surface area contributed by atoms with Crippen LogP contribution in [0, 0.1) is 0 Å². The molecule has 1 amide bonds. The highest BCUT2D eigenvalue weighted by molar-refractivity contribution is 6.10. The molecule has 0 aromatic carbocycles. The molecule has 0 N–H and O–H groups in total. The van der Waals surface area contributed by atoms with Crippen molar-refractivity contribution in [1.82, 2.24) is 24.0 Å². The molecule has 4 aromatic rings. The van der Waals surface area contributed by atoms with Crippen molar-refractivity contribution in [2.75, 3.05) is 49.2 Å². The van der Waals surface area contributed by atoms with Crippen LogP contribution in [0.25, 0.3) is 11.1 Å². The Hall–Kier alpha value is -4.61. The van der Waals surface area contributed by atoms with Crippen LogP contribution in [0.15, 0.2) is 53.7 Å². The van der Waals surface area contributed by atoms with E-state index in [0.29, 0.717) is 65.1 Å². The quantitative estimate of drug-likeness (QED) is 0.281. The number of carbonyl (C=O) groups excluding carboxylic acids is 2. The van der Waals surface area contributed by atoms with Crippen LogP contribution in [-0.4, -0.2) is 87.7 Å². The number of carbonyl (C=O) groups is 2. The Bertz CT molecular complexity index is 1940. The van der Waals surface area contributed by atoms with Crippen molar-refractivity contribution < 1.29 is 14.3 Å². The maximum absolute atomic E-state index is 13.8. The molecule has 4 aliphatic rings. The lowest BCUT2D eigenvalue weighted by atomic mass is 9.99. The van der Waals surface area contributed by atoms with Crippen LogP contribution >= 0.6 is 0 Å². The number of aryl methyl sites for hydroxylation is 2. The second-order valence-electron chi connectivity index (χ2n) is 13.6. The van der Waals surface area contributed by atoms with Crippen LogP contribution in [-0.2, 0) is 37.6 Å². The Morgan fingerprint density at radius 1 is 0.979 bits per heavy atom. The lowest BCUT2D eigenvalue weighted by Gasteiger charge is -2.46. The Labute approximate surface area is 279 Å². The van der Waals surface area contributed by atoms with Gasteiger partial charge in [0.1, 0.15) is 5.82 Å². The molecular weight excluding hydrogens is 606 g/mol. The van der Waals surface area contributed by atoms with E-state index in [4.69, 9.17) is 9.72 Å². The van der Waals surface area contributed by atoms with Gasteiger partial charge in [-0.25, -0.2) is 4.98 Å². The molecule has 0 aliphatic carbocycles. The number of pyridine rings is 3. The molecule has 11 heteroatoms. The number of hydrogen-bond acceptors (Lipinski definition) is 8. The van der Waals surface area contributed by atoms with Gasteiger partial charge in [-0.2, -0.15) is 0 Å². The van der Waals surface area contributed by atoms with Crippen molar-refractivity contribution in [3.05, 3.63) is 93.0 Å². The zero-order valence-electron chi connectivity index (χ0n) is 27.6. The fraction of sp³-hybridized carbons (Fsp3) is 0.432. The summed E-state index contributed by atoms with van der Waals surface area (Å²) in [6.45, 7) is 8.26. The van der Waals surface area contributed by atoms with Gasteiger partial charge in [0.05, 0.1) is 42.3 Å². The normalized spacial score (nSPS) is 20.0. The average Bonchev–Trinajstić information content (AvgIpc) is 3.46. The van der Waals surface area contributed by atoms with Crippen molar-refractivity contribution in [2.24, 2.45) is 7.05 Å². The smallest absolute Gasteiger partial charge is 0.261 e. The van der Waals surface area contributed by atoms with Crippen molar-refractivity contribution >= 4 is 23.7 Å². The van der Waals surface area contributed by atoms with E-state index >= 15 is 0 Å². The van der Waals surface area contributed by atoms with Gasteiger partial charge in [-0.15, -0.1) is 0 Å². The van der Waals surface area contributed by atoms with Gasteiger partial charge in [-0.1, -0.05) is 0 Å². The molecule has 2 fully saturated rings. The fourth-order valence-corrected chi connectivity index (χ4v) is 7.95. The first kappa shape index (κ1) is 30.7. The van der Waals surface area contributed by atoms with Crippen LogP contribution in [0.3, 0.4) is 0 Å². The summed E-state index contributed by atoms with van der Waals surface area (Å²) in [5, 5.41) is 0. The van der Waals surface area contributed by atoms with E-state index in [1.54, 1.807) is 35.0 Å². The summed E-state index contributed by atoms with van der Waals surface area (Å²) in [6, 6.07) is 10.6. The van der Waals surface area contributed by atoms with E-state index in [-0.39, 0.29) is 11.5 Å². The monoisotopic (exact) mass is 647 g/mol. The summed E-state index contributed by atoms with van der Waals surface area (Å²) in [4.78, 5) is 55.7. The standard InChI is InChI=1S/C37H41N7O4/c1-24-19-41(30-22-48-23-30)13-14-42(24)29-7-6-27(39-18-29)16-25-15-26(20-40(2)36(25)46)31-8-10-38-35(33(31)21-45)44-12-9-34-32(37(44)47)17-28-5-3-4-11-43(28)34/h6-8,10,15,17-18,20-21,24,30H,3-5,9,11-14,16,19,22-23H2,1-2H3/t24-/m0/s1. The number of amides is 1. The van der Waals surface area contributed by atoms with Crippen molar-refractivity contribution in [3.8, 4) is 11.1 Å². The molecule has 0 unspecified atom stereocenters. The SMILES string of the molecule is C[C@H]1CN(C2COC2)CCN1c1ccc(Cc2cc(-c3ccnc(N4CCc5c(cc6n5CCCC6)C4=O)c3C=O)cn(C)c2=O)nc1. The third-order valence-electron chi connectivity index (χ3n) is 10.6. The number of aldehydes is 1. The predicted octanol–water partition coefficient (Wildman–Crippen LogP) is 3.50. The lowest BCUT2D eigenvalue weighted by Crippen LogP contribution is -2.59. The number of nitrogens with zero attached hydrogens (tertiary/aromatic N) is 7. The summed E-state index contributed by atoms with van der Waals surface area (Å²) < 4.78 is 9.25. The second-order valence-corrected chi connectivity index (χ2v) is 13.6. The molecule has 0 bridgehead atoms. The molecule has 1 atom stereocenters. The van der Waals surface area contributed by atoms with Gasteiger partial charge in [0, 0.05) is 93.7 Å². The van der Waals surface area contributed by atoms with Gasteiger partial charge >= 0.3 is 0 Å². The molecule has 8 heterocycles. The lowest BCUT2D eigenvalue weighted by molar-refractivity contribution is -0.0691. The molecule has 0 spiro atoms. The van der Waals surface area contributed by atoms with E-state index in [9.17, 15) is 14.4 Å². The van der Waals surface area contributed by atoms with Gasteiger partial charge in [-0.3, -0.25) is 29.2 Å². The first-order chi connectivity index (χ1) is 23.4. The van der Waals surface area contributed by atoms with Crippen LogP contribution in [0.2, 0.25) is 0 Å². The van der Waals surface area contributed by atoms with Crippen LogP contribution < -0.4 is 15.4 Å². The third-order valence-corrected chi connectivity index (χ3v) is 10.6. The molecule has 0 radical (unpaired) electrons. The maximum atomic E-state index is 13.8. The van der Waals surface area contributed by atoms with Gasteiger partial charge < -0.3 is 18.8 Å². The number of rotatable bonds is 7. The first-order valence-electron chi connectivity index (χ1n) is 17.1. The van der Waals surface area contributed by atoms with Crippen molar-refractivity contribution in [1.29, 1.82) is 0 Å². The van der Waals surface area contributed by atoms with Crippen molar-refractivity contribution in [3.63, 3.8) is 0 Å². The molecular formula is C37H41N7O4. The Morgan fingerprint density at radius 3 is 2.60 bits per heavy atom. The molecule has 2 saturated heterocycles. The number of hydrogen-bond donors (Lipinski definition) is 0. The van der Waals surface area contributed by atoms with E-state index in [1.807, 2.05) is 24.4 Å². The zero-order chi connectivity index (χ0) is 32.9. The second kappa shape index (κ2) is 12.4. The van der Waals surface area contributed by atoms with E-state index in [2.05, 4.69) is 32.3 Å². The molecule has 11 nitrogen and oxygen atoms in total. The summed E-state index contributed by atoms with van der Waals surface area (Å²) in [5.41, 5.74) is 7.04. The predicted molar refractivity (Wildman–Crippen MR) is 183 cm³/mol. The van der Waals surface area contributed by atoms with Crippen molar-refractivity contribution in [2.45, 2.75) is 57.7 Å². The van der Waals surface area contributed by atoms with Gasteiger partial charge in [0.15, 0.2) is 6.29 Å². The van der Waals surface area contributed by atoms with Gasteiger partial charge in [0.2, 0.25) is 0 Å². The molecule has 4 aromatic heterocycles. The van der Waals surface area contributed by atoms with E-state index in [0.717, 1.165) is 82.0 Å². The van der Waals surface area contributed by atoms with E-state index < -0.39 is 0 Å². The highest BCUT2D eigenvalue weighted by atomic mass is 16.5. The summed E-state index contributed by atoms with van der Waals surface area (Å²) in [5.74, 6) is 0.233. The summed E-state index contributed by atoms with van der Waals surface area (Å²) in [6.07, 6.45) is 10.4. The molecule has 4 aliphatic heterocycles. The van der Waals surface area contributed by atoms with E-state index in [1.165, 1.54) is 5.69 Å². The Morgan fingerprint density at radius 2 is 1.85 bits per heavy atom. The number of anilines is 2. The maximum Gasteiger partial charge on any atom is 0.261 e. The minimum absolute atomic E-state index is 0.118. The summed E-state index contributed by atoms with van der Waals surface area (Å²) >= 11 is 0. The summed E-state index contributed by atoms with van der Waals surface area (Å²) in [7, 11) is 1.72. The highest BCUT2D eigenvalue weighted by Gasteiger charge is 2.34. The minimum atomic E-state index is -0.120. The number of piperazine rings is 1. The Kier molecular flexibility index (Phi) is 7.96. The Balaban J connectivity index is 1.04. The average molecular weight is 648 g/mol. The van der Waals surface area contributed by atoms with Crippen LogP contribution in [0.4, 0.5) is 11.5 Å². The highest BCUT2D eigenvalue weighted by Crippen LogP contribution is 2.34. The topological polar surface area (TPSA) is 106 Å². The van der Waals surface area contributed by atoms with Crippen LogP contribution in [0.5, 0.6) is 0 Å². The number of ether oxygens (including phenoxy) is 1. The molecule has 48 heavy (non-hydrogen) atoms. The number of aromatic nitrogens is 4. The third kappa shape index (κ3) is 5.35. The molecule has 8 rings (SSSR count). The van der Waals surface area contributed by atoms with Gasteiger partial charge in [0.25, 0.3) is 11.5 Å².